The minimum Gasteiger partial charge on any atom is -0.495 e. The predicted molar refractivity (Wildman–Crippen MR) is 88.5 cm³/mol. The van der Waals surface area contributed by atoms with Crippen LogP contribution in [0.1, 0.15) is 24.3 Å². The molecular weight excluding hydrogens is 278 g/mol. The van der Waals surface area contributed by atoms with Gasteiger partial charge in [-0.1, -0.05) is 26.0 Å². The third-order valence-electron chi connectivity index (χ3n) is 3.06. The Balaban J connectivity index is 2.11. The van der Waals surface area contributed by atoms with E-state index in [1.54, 1.807) is 31.5 Å². The lowest BCUT2D eigenvalue weighted by atomic mass is 10.2. The molecule has 0 unspecified atom stereocenters. The lowest BCUT2D eigenvalue weighted by Crippen LogP contribution is -2.15. The van der Waals surface area contributed by atoms with Crippen molar-refractivity contribution in [1.82, 2.24) is 4.98 Å². The van der Waals surface area contributed by atoms with E-state index < -0.39 is 0 Å². The second-order valence-electron chi connectivity index (χ2n) is 5.36. The summed E-state index contributed by atoms with van der Waals surface area (Å²) in [5.74, 6) is 0.877. The zero-order valence-electron chi connectivity index (χ0n) is 13.1. The first-order chi connectivity index (χ1) is 10.6. The van der Waals surface area contributed by atoms with E-state index >= 15 is 0 Å². The van der Waals surface area contributed by atoms with Gasteiger partial charge in [0.05, 0.1) is 12.8 Å². The molecule has 0 radical (unpaired) electrons. The molecule has 1 aromatic carbocycles. The van der Waals surface area contributed by atoms with Crippen molar-refractivity contribution in [1.29, 1.82) is 0 Å². The Morgan fingerprint density at radius 3 is 2.77 bits per heavy atom. The molecule has 0 saturated heterocycles. The molecule has 0 aliphatic heterocycles. The van der Waals surface area contributed by atoms with Crippen molar-refractivity contribution in [3.05, 3.63) is 48.3 Å². The van der Waals surface area contributed by atoms with Crippen molar-refractivity contribution in [2.45, 2.75) is 13.8 Å². The third kappa shape index (κ3) is 4.22. The molecule has 0 bridgehead atoms. The zero-order valence-corrected chi connectivity index (χ0v) is 13.1. The number of rotatable bonds is 6. The van der Waals surface area contributed by atoms with Crippen molar-refractivity contribution >= 4 is 17.3 Å². The van der Waals surface area contributed by atoms with E-state index in [-0.39, 0.29) is 5.91 Å². The lowest BCUT2D eigenvalue weighted by molar-refractivity contribution is 0.102. The molecule has 0 spiro atoms. The molecule has 0 atom stereocenters. The third-order valence-corrected chi connectivity index (χ3v) is 3.06. The molecular formula is C17H21N3O2. The summed E-state index contributed by atoms with van der Waals surface area (Å²) in [4.78, 5) is 16.4. The molecule has 0 aliphatic rings. The van der Waals surface area contributed by atoms with Gasteiger partial charge in [0.25, 0.3) is 5.91 Å². The summed E-state index contributed by atoms with van der Waals surface area (Å²) in [6.07, 6.45) is 1.62. The first-order valence-electron chi connectivity index (χ1n) is 7.24. The number of amides is 1. The molecule has 0 aliphatic carbocycles. The van der Waals surface area contributed by atoms with Gasteiger partial charge in [-0.25, -0.2) is 0 Å². The topological polar surface area (TPSA) is 63.2 Å². The van der Waals surface area contributed by atoms with Crippen molar-refractivity contribution in [2.24, 2.45) is 5.92 Å². The molecule has 22 heavy (non-hydrogen) atoms. The van der Waals surface area contributed by atoms with Crippen molar-refractivity contribution in [3.63, 3.8) is 0 Å². The monoisotopic (exact) mass is 299 g/mol. The molecule has 2 N–H and O–H groups in total. The molecule has 5 nitrogen and oxygen atoms in total. The highest BCUT2D eigenvalue weighted by Crippen LogP contribution is 2.23. The largest absolute Gasteiger partial charge is 0.495 e. The maximum atomic E-state index is 12.3. The van der Waals surface area contributed by atoms with Crippen LogP contribution in [0.25, 0.3) is 0 Å². The summed E-state index contributed by atoms with van der Waals surface area (Å²) < 4.78 is 5.22. The molecule has 0 fully saturated rings. The van der Waals surface area contributed by atoms with Crippen LogP contribution in [0.2, 0.25) is 0 Å². The van der Waals surface area contributed by atoms with E-state index in [9.17, 15) is 4.79 Å². The van der Waals surface area contributed by atoms with Gasteiger partial charge in [0, 0.05) is 18.4 Å². The Morgan fingerprint density at radius 1 is 1.27 bits per heavy atom. The van der Waals surface area contributed by atoms with Gasteiger partial charge < -0.3 is 15.4 Å². The van der Waals surface area contributed by atoms with Crippen LogP contribution in [0.5, 0.6) is 5.75 Å². The number of carbonyl (C=O) groups excluding carboxylic acids is 1. The molecule has 1 aromatic heterocycles. The fraction of sp³-hybridized carbons (Fsp3) is 0.294. The molecule has 0 saturated carbocycles. The number of methoxy groups -OCH3 is 1. The normalized spacial score (nSPS) is 10.4. The first kappa shape index (κ1) is 15.8. The maximum absolute atomic E-state index is 12.3. The van der Waals surface area contributed by atoms with Gasteiger partial charge in [-0.3, -0.25) is 9.78 Å². The van der Waals surface area contributed by atoms with E-state index in [1.165, 1.54) is 0 Å². The molecule has 1 heterocycles. The number of carbonyl (C=O) groups is 1. The van der Waals surface area contributed by atoms with Crippen LogP contribution in [0, 0.1) is 5.92 Å². The molecule has 116 valence electrons. The van der Waals surface area contributed by atoms with Gasteiger partial charge in [-0.05, 0) is 30.2 Å². The summed E-state index contributed by atoms with van der Waals surface area (Å²) in [7, 11) is 1.57. The predicted octanol–water partition coefficient (Wildman–Crippen LogP) is 3.41. The highest BCUT2D eigenvalue weighted by molar-refractivity contribution is 6.04. The Labute approximate surface area is 130 Å². The van der Waals surface area contributed by atoms with Gasteiger partial charge in [0.15, 0.2) is 0 Å². The van der Waals surface area contributed by atoms with Crippen LogP contribution < -0.4 is 15.4 Å². The first-order valence-corrected chi connectivity index (χ1v) is 7.24. The SMILES string of the molecule is COc1ccccc1NC(=O)c1cc(NCC(C)C)ccn1. The summed E-state index contributed by atoms with van der Waals surface area (Å²) in [6, 6.07) is 10.9. The van der Waals surface area contributed by atoms with E-state index in [1.807, 2.05) is 18.2 Å². The van der Waals surface area contributed by atoms with Gasteiger partial charge in [-0.15, -0.1) is 0 Å². The van der Waals surface area contributed by atoms with Crippen LogP contribution in [-0.2, 0) is 0 Å². The van der Waals surface area contributed by atoms with Crippen molar-refractivity contribution < 1.29 is 9.53 Å². The fourth-order valence-electron chi connectivity index (χ4n) is 1.92. The van der Waals surface area contributed by atoms with E-state index in [0.717, 1.165) is 12.2 Å². The second kappa shape index (κ2) is 7.45. The average Bonchev–Trinajstić information content (AvgIpc) is 2.53. The number of para-hydroxylation sites is 2. The maximum Gasteiger partial charge on any atom is 0.274 e. The quantitative estimate of drug-likeness (QED) is 0.858. The Hall–Kier alpha value is -2.56. The number of benzene rings is 1. The molecule has 1 amide bonds. The van der Waals surface area contributed by atoms with Crippen LogP contribution >= 0.6 is 0 Å². The summed E-state index contributed by atoms with van der Waals surface area (Å²) in [6.45, 7) is 5.10. The smallest absolute Gasteiger partial charge is 0.274 e. The Morgan fingerprint density at radius 2 is 2.05 bits per heavy atom. The number of hydrogen-bond donors (Lipinski definition) is 2. The van der Waals surface area contributed by atoms with Gasteiger partial charge in [0.2, 0.25) is 0 Å². The van der Waals surface area contributed by atoms with Gasteiger partial charge in [-0.2, -0.15) is 0 Å². The number of pyridine rings is 1. The average molecular weight is 299 g/mol. The summed E-state index contributed by atoms with van der Waals surface area (Å²) >= 11 is 0. The number of aromatic nitrogens is 1. The second-order valence-corrected chi connectivity index (χ2v) is 5.36. The number of nitrogens with one attached hydrogen (secondary N) is 2. The van der Waals surface area contributed by atoms with E-state index in [0.29, 0.717) is 23.0 Å². The van der Waals surface area contributed by atoms with Crippen molar-refractivity contribution in [3.8, 4) is 5.75 Å². The lowest BCUT2D eigenvalue weighted by Gasteiger charge is -2.11. The van der Waals surface area contributed by atoms with E-state index in [4.69, 9.17) is 4.74 Å². The minimum absolute atomic E-state index is 0.266. The molecule has 2 aromatic rings. The van der Waals surface area contributed by atoms with Gasteiger partial charge >= 0.3 is 0 Å². The fourth-order valence-corrected chi connectivity index (χ4v) is 1.92. The van der Waals surface area contributed by atoms with Gasteiger partial charge in [0.1, 0.15) is 11.4 Å². The Kier molecular flexibility index (Phi) is 5.36. The van der Waals surface area contributed by atoms with Crippen molar-refractivity contribution in [2.75, 3.05) is 24.3 Å². The Bertz CT molecular complexity index is 641. The van der Waals surface area contributed by atoms with Crippen LogP contribution in [0.4, 0.5) is 11.4 Å². The highest BCUT2D eigenvalue weighted by atomic mass is 16.5. The van der Waals surface area contributed by atoms with Crippen LogP contribution in [-0.4, -0.2) is 24.5 Å². The minimum atomic E-state index is -0.266. The number of ether oxygens (including phenoxy) is 1. The number of nitrogens with zero attached hydrogens (tertiary/aromatic N) is 1. The molecule has 5 heteroatoms. The summed E-state index contributed by atoms with van der Waals surface area (Å²) in [5, 5.41) is 6.10. The highest BCUT2D eigenvalue weighted by Gasteiger charge is 2.11. The summed E-state index contributed by atoms with van der Waals surface area (Å²) in [5.41, 5.74) is 1.87. The number of anilines is 2. The standard InChI is InChI=1S/C17H21N3O2/c1-12(2)11-19-13-8-9-18-15(10-13)17(21)20-14-6-4-5-7-16(14)22-3/h4-10,12H,11H2,1-3H3,(H,18,19)(H,20,21). The molecule has 2 rings (SSSR count). The van der Waals surface area contributed by atoms with E-state index in [2.05, 4.69) is 29.5 Å². The van der Waals surface area contributed by atoms with Crippen LogP contribution in [0.3, 0.4) is 0 Å². The zero-order chi connectivity index (χ0) is 15.9. The number of hydrogen-bond acceptors (Lipinski definition) is 4. The van der Waals surface area contributed by atoms with Crippen LogP contribution in [0.15, 0.2) is 42.6 Å².